The van der Waals surface area contributed by atoms with Crippen LogP contribution in [-0.4, -0.2) is 28.6 Å². The SMILES string of the molecule is CC1(C)C/C(=N/O)C[C@@](C)(S(=O)(=O)O)C1. The Labute approximate surface area is 89.9 Å². The Balaban J connectivity index is 3.14. The molecule has 0 radical (unpaired) electrons. The topological polar surface area (TPSA) is 87.0 Å². The lowest BCUT2D eigenvalue weighted by Gasteiger charge is -2.40. The van der Waals surface area contributed by atoms with E-state index >= 15 is 0 Å². The minimum atomic E-state index is -4.13. The number of rotatable bonds is 1. The van der Waals surface area contributed by atoms with Gasteiger partial charge in [0.15, 0.2) is 0 Å². The van der Waals surface area contributed by atoms with Gasteiger partial charge in [0.2, 0.25) is 0 Å². The average molecular weight is 235 g/mol. The van der Waals surface area contributed by atoms with E-state index in [0.717, 1.165) is 0 Å². The van der Waals surface area contributed by atoms with E-state index < -0.39 is 14.9 Å². The monoisotopic (exact) mass is 235 g/mol. The Kier molecular flexibility index (Phi) is 2.86. The molecule has 0 heterocycles. The highest BCUT2D eigenvalue weighted by molar-refractivity contribution is 7.87. The van der Waals surface area contributed by atoms with Crippen molar-refractivity contribution >= 4 is 15.8 Å². The van der Waals surface area contributed by atoms with Crippen molar-refractivity contribution in [3.63, 3.8) is 0 Å². The maximum atomic E-state index is 11.3. The molecule has 1 atom stereocenters. The molecular weight excluding hydrogens is 218 g/mol. The summed E-state index contributed by atoms with van der Waals surface area (Å²) in [5.41, 5.74) is 0.135. The van der Waals surface area contributed by atoms with E-state index in [-0.39, 0.29) is 11.8 Å². The Morgan fingerprint density at radius 2 is 1.80 bits per heavy atom. The zero-order chi connectivity index (χ0) is 11.9. The summed E-state index contributed by atoms with van der Waals surface area (Å²) in [4.78, 5) is 0. The van der Waals surface area contributed by atoms with Gasteiger partial charge in [-0.1, -0.05) is 19.0 Å². The van der Waals surface area contributed by atoms with Gasteiger partial charge in [0.05, 0.1) is 5.71 Å². The van der Waals surface area contributed by atoms with Gasteiger partial charge in [-0.3, -0.25) is 4.55 Å². The van der Waals surface area contributed by atoms with Crippen LogP contribution in [0.5, 0.6) is 0 Å². The molecule has 6 heteroatoms. The van der Waals surface area contributed by atoms with Crippen LogP contribution in [0.1, 0.15) is 40.0 Å². The molecule has 0 amide bonds. The third kappa shape index (κ3) is 2.49. The normalized spacial score (nSPS) is 34.3. The number of hydrogen-bond acceptors (Lipinski definition) is 4. The van der Waals surface area contributed by atoms with Gasteiger partial charge in [0.25, 0.3) is 10.1 Å². The Morgan fingerprint density at radius 1 is 1.27 bits per heavy atom. The van der Waals surface area contributed by atoms with Crippen molar-refractivity contribution in [1.29, 1.82) is 0 Å². The first-order valence-corrected chi connectivity index (χ1v) is 6.21. The van der Waals surface area contributed by atoms with Crippen LogP contribution < -0.4 is 0 Å². The summed E-state index contributed by atoms with van der Waals surface area (Å²) in [5, 5.41) is 11.8. The van der Waals surface area contributed by atoms with E-state index in [1.807, 2.05) is 13.8 Å². The predicted molar refractivity (Wildman–Crippen MR) is 56.8 cm³/mol. The van der Waals surface area contributed by atoms with Crippen LogP contribution in [0.15, 0.2) is 5.16 Å². The third-order valence-electron chi connectivity index (χ3n) is 2.88. The molecule has 88 valence electrons. The maximum Gasteiger partial charge on any atom is 0.270 e. The summed E-state index contributed by atoms with van der Waals surface area (Å²) < 4.78 is 30.5. The van der Waals surface area contributed by atoms with Crippen LogP contribution in [0.2, 0.25) is 0 Å². The van der Waals surface area contributed by atoms with Crippen LogP contribution in [0, 0.1) is 5.41 Å². The molecule has 0 saturated heterocycles. The zero-order valence-corrected chi connectivity index (χ0v) is 10.0. The van der Waals surface area contributed by atoms with Gasteiger partial charge < -0.3 is 5.21 Å². The molecule has 1 fully saturated rings. The highest BCUT2D eigenvalue weighted by Crippen LogP contribution is 2.43. The predicted octanol–water partition coefficient (Wildman–Crippen LogP) is 1.67. The van der Waals surface area contributed by atoms with E-state index in [1.54, 1.807) is 0 Å². The number of hydrogen-bond donors (Lipinski definition) is 2. The van der Waals surface area contributed by atoms with E-state index in [0.29, 0.717) is 18.6 Å². The molecule has 2 N–H and O–H groups in total. The summed E-state index contributed by atoms with van der Waals surface area (Å²) in [5.74, 6) is 0. The van der Waals surface area contributed by atoms with Crippen molar-refractivity contribution < 1.29 is 18.2 Å². The molecule has 0 unspecified atom stereocenters. The quantitative estimate of drug-likeness (QED) is 0.411. The summed E-state index contributed by atoms with van der Waals surface area (Å²) in [7, 11) is -4.13. The molecule has 1 saturated carbocycles. The van der Waals surface area contributed by atoms with Crippen LogP contribution in [0.4, 0.5) is 0 Å². The van der Waals surface area contributed by atoms with Crippen molar-refractivity contribution in [3.05, 3.63) is 0 Å². The molecule has 1 aliphatic rings. The summed E-state index contributed by atoms with van der Waals surface area (Å²) in [6.45, 7) is 5.26. The largest absolute Gasteiger partial charge is 0.411 e. The molecule has 0 aromatic heterocycles. The maximum absolute atomic E-state index is 11.3. The summed E-state index contributed by atoms with van der Waals surface area (Å²) >= 11 is 0. The van der Waals surface area contributed by atoms with Gasteiger partial charge in [0.1, 0.15) is 4.75 Å². The second-order valence-corrected chi connectivity index (χ2v) is 7.22. The summed E-state index contributed by atoms with van der Waals surface area (Å²) in [6.07, 6.45) is 0.998. The van der Waals surface area contributed by atoms with E-state index in [9.17, 15) is 13.0 Å². The smallest absolute Gasteiger partial charge is 0.270 e. The van der Waals surface area contributed by atoms with Gasteiger partial charge in [0, 0.05) is 6.42 Å². The molecule has 0 aromatic rings. The van der Waals surface area contributed by atoms with Crippen LogP contribution >= 0.6 is 0 Å². The van der Waals surface area contributed by atoms with Crippen molar-refractivity contribution in [2.24, 2.45) is 10.6 Å². The molecule has 0 spiro atoms. The lowest BCUT2D eigenvalue weighted by atomic mass is 9.71. The first-order valence-electron chi connectivity index (χ1n) is 4.76. The molecular formula is C9H17NO4S. The van der Waals surface area contributed by atoms with Crippen LogP contribution in [0.3, 0.4) is 0 Å². The Hall–Kier alpha value is -0.620. The fourth-order valence-electron chi connectivity index (χ4n) is 2.44. The van der Waals surface area contributed by atoms with Gasteiger partial charge in [-0.2, -0.15) is 8.42 Å². The van der Waals surface area contributed by atoms with Gasteiger partial charge in [-0.15, -0.1) is 0 Å². The highest BCUT2D eigenvalue weighted by atomic mass is 32.2. The second kappa shape index (κ2) is 3.45. The Morgan fingerprint density at radius 3 is 2.20 bits per heavy atom. The standard InChI is InChI=1S/C9H17NO4S/c1-8(2)4-7(10-11)5-9(3,6-8)15(12,13)14/h11H,4-6H2,1-3H3,(H,12,13,14)/b10-7-/t9-/m1/s1. The van der Waals surface area contributed by atoms with Crippen molar-refractivity contribution in [1.82, 2.24) is 0 Å². The first-order chi connectivity index (χ1) is 6.60. The average Bonchev–Trinajstić information content (AvgIpc) is 1.98. The van der Waals surface area contributed by atoms with Crippen LogP contribution in [0.25, 0.3) is 0 Å². The fraction of sp³-hybridized carbons (Fsp3) is 0.889. The van der Waals surface area contributed by atoms with Crippen molar-refractivity contribution in [2.75, 3.05) is 0 Å². The Bertz CT molecular complexity index is 385. The molecule has 1 rings (SSSR count). The lowest BCUT2D eigenvalue weighted by Crippen LogP contribution is -2.46. The third-order valence-corrected chi connectivity index (χ3v) is 4.41. The molecule has 0 bridgehead atoms. The first kappa shape index (κ1) is 12.4. The second-order valence-electron chi connectivity index (χ2n) is 5.29. The molecule has 0 aliphatic heterocycles. The lowest BCUT2D eigenvalue weighted by molar-refractivity contribution is 0.250. The minimum Gasteiger partial charge on any atom is -0.411 e. The molecule has 5 nitrogen and oxygen atoms in total. The zero-order valence-electron chi connectivity index (χ0n) is 9.19. The van der Waals surface area contributed by atoms with Crippen molar-refractivity contribution in [3.8, 4) is 0 Å². The fourth-order valence-corrected chi connectivity index (χ4v) is 3.36. The number of oxime groups is 1. The van der Waals surface area contributed by atoms with E-state index in [2.05, 4.69) is 5.16 Å². The molecule has 1 aliphatic carbocycles. The van der Waals surface area contributed by atoms with Crippen molar-refractivity contribution in [2.45, 2.75) is 44.8 Å². The number of nitrogens with zero attached hydrogens (tertiary/aromatic N) is 1. The summed E-state index contributed by atoms with van der Waals surface area (Å²) in [6, 6.07) is 0. The van der Waals surface area contributed by atoms with Gasteiger partial charge >= 0.3 is 0 Å². The molecule has 15 heavy (non-hydrogen) atoms. The van der Waals surface area contributed by atoms with E-state index in [4.69, 9.17) is 5.21 Å². The molecule has 0 aromatic carbocycles. The van der Waals surface area contributed by atoms with Gasteiger partial charge in [-0.05, 0) is 25.2 Å². The van der Waals surface area contributed by atoms with Gasteiger partial charge in [-0.25, -0.2) is 0 Å². The van der Waals surface area contributed by atoms with E-state index in [1.165, 1.54) is 6.92 Å². The minimum absolute atomic E-state index is 0.0891. The van der Waals surface area contributed by atoms with Crippen LogP contribution in [-0.2, 0) is 10.1 Å². The highest BCUT2D eigenvalue weighted by Gasteiger charge is 2.47.